The van der Waals surface area contributed by atoms with E-state index < -0.39 is 0 Å². The number of rotatable bonds is 3. The van der Waals surface area contributed by atoms with E-state index in [0.717, 1.165) is 33.5 Å². The molecule has 1 saturated heterocycles. The van der Waals surface area contributed by atoms with Gasteiger partial charge in [-0.3, -0.25) is 9.59 Å². The fourth-order valence-electron chi connectivity index (χ4n) is 3.69. The van der Waals surface area contributed by atoms with Crippen LogP contribution in [0.2, 0.25) is 0 Å². The second-order valence-electron chi connectivity index (χ2n) is 7.30. The van der Waals surface area contributed by atoms with Gasteiger partial charge < -0.3 is 15.0 Å². The van der Waals surface area contributed by atoms with Crippen LogP contribution in [0, 0.1) is 20.8 Å². The maximum Gasteiger partial charge on any atom is 0.265 e. The number of benzene rings is 2. The van der Waals surface area contributed by atoms with E-state index in [-0.39, 0.29) is 18.4 Å². The van der Waals surface area contributed by atoms with E-state index in [9.17, 15) is 9.59 Å². The van der Waals surface area contributed by atoms with E-state index in [0.29, 0.717) is 21.5 Å². The number of amides is 2. The van der Waals surface area contributed by atoms with Crippen LogP contribution in [0.3, 0.4) is 0 Å². The number of carbonyl (C=O) groups is 2. The molecular formula is C22H20N2O3S2. The predicted octanol–water partition coefficient (Wildman–Crippen LogP) is 4.03. The molecule has 5 nitrogen and oxygen atoms in total. The highest BCUT2D eigenvalue weighted by atomic mass is 32.2. The maximum atomic E-state index is 12.7. The van der Waals surface area contributed by atoms with Crippen molar-refractivity contribution < 1.29 is 14.3 Å². The van der Waals surface area contributed by atoms with Crippen LogP contribution in [0.25, 0.3) is 6.08 Å². The van der Waals surface area contributed by atoms with Crippen LogP contribution in [0.1, 0.15) is 27.8 Å². The number of thioether (sulfide) groups is 1. The Kier molecular flexibility index (Phi) is 5.19. The van der Waals surface area contributed by atoms with Crippen molar-refractivity contribution in [3.8, 4) is 5.75 Å². The Morgan fingerprint density at radius 2 is 1.86 bits per heavy atom. The van der Waals surface area contributed by atoms with Gasteiger partial charge in [0.15, 0.2) is 6.61 Å². The van der Waals surface area contributed by atoms with Crippen LogP contribution in [-0.4, -0.2) is 22.7 Å². The van der Waals surface area contributed by atoms with Gasteiger partial charge in [-0.15, -0.1) is 0 Å². The second kappa shape index (κ2) is 7.65. The van der Waals surface area contributed by atoms with Crippen LogP contribution in [0.5, 0.6) is 5.75 Å². The largest absolute Gasteiger partial charge is 0.481 e. The smallest absolute Gasteiger partial charge is 0.265 e. The minimum absolute atomic E-state index is 0.0194. The van der Waals surface area contributed by atoms with E-state index in [2.05, 4.69) is 37.4 Å². The van der Waals surface area contributed by atoms with Crippen LogP contribution in [-0.2, 0) is 16.1 Å². The lowest BCUT2D eigenvalue weighted by Gasteiger charge is -2.31. The van der Waals surface area contributed by atoms with Crippen molar-refractivity contribution in [3.05, 3.63) is 63.1 Å². The van der Waals surface area contributed by atoms with E-state index in [4.69, 9.17) is 17.0 Å². The van der Waals surface area contributed by atoms with Gasteiger partial charge in [0, 0.05) is 0 Å². The highest BCUT2D eigenvalue weighted by Crippen LogP contribution is 2.38. The molecule has 0 aromatic heterocycles. The molecule has 2 aliphatic rings. The molecule has 0 atom stereocenters. The zero-order chi connectivity index (χ0) is 20.7. The van der Waals surface area contributed by atoms with Crippen molar-refractivity contribution in [1.29, 1.82) is 0 Å². The number of nitrogens with one attached hydrogen (secondary N) is 1. The Labute approximate surface area is 179 Å². The summed E-state index contributed by atoms with van der Waals surface area (Å²) in [5.74, 6) is 0.417. The number of thiocarbonyl (C=S) groups is 1. The van der Waals surface area contributed by atoms with Crippen molar-refractivity contribution in [3.63, 3.8) is 0 Å². The Bertz CT molecular complexity index is 1070. The normalized spacial score (nSPS) is 17.4. The van der Waals surface area contributed by atoms with Crippen molar-refractivity contribution in [2.75, 3.05) is 11.5 Å². The average Bonchev–Trinajstić information content (AvgIpc) is 2.94. The number of hydrogen-bond donors (Lipinski definition) is 1. The van der Waals surface area contributed by atoms with Crippen LogP contribution < -0.4 is 15.0 Å². The first kappa shape index (κ1) is 19.7. The van der Waals surface area contributed by atoms with Gasteiger partial charge in [-0.25, -0.2) is 0 Å². The van der Waals surface area contributed by atoms with Gasteiger partial charge in [-0.2, -0.15) is 0 Å². The summed E-state index contributed by atoms with van der Waals surface area (Å²) in [6.07, 6.45) is 1.79. The Hall–Kier alpha value is -2.64. The zero-order valence-electron chi connectivity index (χ0n) is 16.4. The number of anilines is 1. The van der Waals surface area contributed by atoms with Gasteiger partial charge in [0.25, 0.3) is 11.8 Å². The molecule has 1 fully saturated rings. The van der Waals surface area contributed by atoms with E-state index in [1.807, 2.05) is 19.1 Å². The fourth-order valence-corrected chi connectivity index (χ4v) is 4.73. The molecule has 2 heterocycles. The summed E-state index contributed by atoms with van der Waals surface area (Å²) in [7, 11) is 0. The molecule has 0 aliphatic carbocycles. The molecule has 0 spiro atoms. The zero-order valence-corrected chi connectivity index (χ0v) is 18.0. The van der Waals surface area contributed by atoms with E-state index in [1.165, 1.54) is 11.8 Å². The van der Waals surface area contributed by atoms with Gasteiger partial charge >= 0.3 is 0 Å². The molecule has 1 N–H and O–H groups in total. The van der Waals surface area contributed by atoms with Crippen molar-refractivity contribution in [2.45, 2.75) is 27.3 Å². The van der Waals surface area contributed by atoms with Gasteiger partial charge in [0.05, 0.1) is 17.1 Å². The van der Waals surface area contributed by atoms with Crippen molar-refractivity contribution in [2.24, 2.45) is 0 Å². The molecule has 0 radical (unpaired) electrons. The van der Waals surface area contributed by atoms with Gasteiger partial charge in [-0.1, -0.05) is 53.3 Å². The summed E-state index contributed by atoms with van der Waals surface area (Å²) in [4.78, 5) is 27.0. The molecule has 0 saturated carbocycles. The number of ether oxygens (including phenoxy) is 1. The standard InChI is InChI=1S/C22H20N2O3S2/c1-12-4-13(2)6-16(5-12)10-24-17-8-15(9-18-21(26)23-22(28)29-18)7-14(3)20(17)27-11-19(24)25/h4-9H,10-11H2,1-3H3,(H,23,26,28). The summed E-state index contributed by atoms with van der Waals surface area (Å²) in [5.41, 5.74) is 5.86. The summed E-state index contributed by atoms with van der Waals surface area (Å²) in [6, 6.07) is 10.1. The van der Waals surface area contributed by atoms with E-state index in [1.54, 1.807) is 11.0 Å². The monoisotopic (exact) mass is 424 g/mol. The number of nitrogens with zero attached hydrogens (tertiary/aromatic N) is 1. The quantitative estimate of drug-likeness (QED) is 0.596. The van der Waals surface area contributed by atoms with Gasteiger partial charge in [0.2, 0.25) is 0 Å². The first-order valence-corrected chi connectivity index (χ1v) is 10.4. The highest BCUT2D eigenvalue weighted by Gasteiger charge is 2.28. The highest BCUT2D eigenvalue weighted by molar-refractivity contribution is 8.26. The molecule has 2 aromatic rings. The molecule has 148 valence electrons. The third-order valence-corrected chi connectivity index (χ3v) is 5.93. The Morgan fingerprint density at radius 3 is 2.52 bits per heavy atom. The molecule has 0 bridgehead atoms. The topological polar surface area (TPSA) is 58.6 Å². The van der Waals surface area contributed by atoms with Crippen molar-refractivity contribution in [1.82, 2.24) is 5.32 Å². The van der Waals surface area contributed by atoms with Crippen LogP contribution in [0.4, 0.5) is 5.69 Å². The van der Waals surface area contributed by atoms with Gasteiger partial charge in [0.1, 0.15) is 10.1 Å². The summed E-state index contributed by atoms with van der Waals surface area (Å²) < 4.78 is 6.18. The lowest BCUT2D eigenvalue weighted by Crippen LogP contribution is -2.38. The van der Waals surface area contributed by atoms with Gasteiger partial charge in [-0.05, 0) is 55.7 Å². The first-order chi connectivity index (χ1) is 13.8. The summed E-state index contributed by atoms with van der Waals surface area (Å²) in [6.45, 7) is 6.53. The molecular weight excluding hydrogens is 404 g/mol. The minimum atomic E-state index is -0.199. The van der Waals surface area contributed by atoms with Crippen molar-refractivity contribution >= 4 is 51.9 Å². The maximum absolute atomic E-state index is 12.7. The first-order valence-electron chi connectivity index (χ1n) is 9.20. The SMILES string of the molecule is Cc1cc(C)cc(CN2C(=O)COc3c(C)cc(C=C4SC(=S)NC4=O)cc32)c1. The number of hydrogen-bond acceptors (Lipinski definition) is 5. The molecule has 0 unspecified atom stereocenters. The van der Waals surface area contributed by atoms with Crippen LogP contribution in [0.15, 0.2) is 35.2 Å². The molecule has 2 amide bonds. The van der Waals surface area contributed by atoms with Crippen LogP contribution >= 0.6 is 24.0 Å². The Morgan fingerprint density at radius 1 is 1.14 bits per heavy atom. The predicted molar refractivity (Wildman–Crippen MR) is 120 cm³/mol. The second-order valence-corrected chi connectivity index (χ2v) is 9.02. The molecule has 2 aliphatic heterocycles. The average molecular weight is 425 g/mol. The number of fused-ring (bicyclic) bond motifs is 1. The third kappa shape index (κ3) is 4.06. The molecule has 29 heavy (non-hydrogen) atoms. The number of carbonyl (C=O) groups excluding carboxylic acids is 2. The molecule has 2 aromatic carbocycles. The Balaban J connectivity index is 1.74. The number of aryl methyl sites for hydroxylation is 3. The lowest BCUT2D eigenvalue weighted by molar-refractivity contribution is -0.121. The summed E-state index contributed by atoms with van der Waals surface area (Å²) in [5, 5.41) is 2.62. The lowest BCUT2D eigenvalue weighted by atomic mass is 10.0. The molecule has 7 heteroatoms. The minimum Gasteiger partial charge on any atom is -0.481 e. The van der Waals surface area contributed by atoms with E-state index >= 15 is 0 Å². The fraction of sp³-hybridized carbons (Fsp3) is 0.227. The molecule has 4 rings (SSSR count). The summed E-state index contributed by atoms with van der Waals surface area (Å²) >= 11 is 6.30. The third-order valence-electron chi connectivity index (χ3n) is 4.77.